The highest BCUT2D eigenvalue weighted by Crippen LogP contribution is 2.21. The Morgan fingerprint density at radius 2 is 2.11 bits per heavy atom. The van der Waals surface area contributed by atoms with E-state index in [2.05, 4.69) is 42.9 Å². The smallest absolute Gasteiger partial charge is 0.241 e. The molecule has 1 amide bonds. The molecule has 0 spiro atoms. The van der Waals surface area contributed by atoms with E-state index in [0.29, 0.717) is 17.9 Å². The molecule has 4 nitrogen and oxygen atoms in total. The normalized spacial score (nSPS) is 33.4. The van der Waals surface area contributed by atoms with Gasteiger partial charge < -0.3 is 9.80 Å². The first-order chi connectivity index (χ1) is 8.99. The number of carbonyl (C=O) groups is 1. The molecule has 3 atom stereocenters. The van der Waals surface area contributed by atoms with Crippen LogP contribution in [0.5, 0.6) is 0 Å². The fourth-order valence-electron chi connectivity index (χ4n) is 3.33. The predicted molar refractivity (Wildman–Crippen MR) is 77.8 cm³/mol. The van der Waals surface area contributed by atoms with Crippen LogP contribution in [-0.4, -0.2) is 54.1 Å². The van der Waals surface area contributed by atoms with Crippen molar-refractivity contribution in [3.05, 3.63) is 0 Å². The van der Waals surface area contributed by atoms with E-state index in [1.165, 1.54) is 25.8 Å². The van der Waals surface area contributed by atoms with Gasteiger partial charge in [0.1, 0.15) is 0 Å². The molecular formula is C15H29N3O. The van der Waals surface area contributed by atoms with Crippen LogP contribution in [0.3, 0.4) is 0 Å². The molecule has 0 aromatic heterocycles. The number of nitrogens with one attached hydrogen (secondary N) is 1. The number of hydrogen-bond donors (Lipinski definition) is 1. The molecule has 3 unspecified atom stereocenters. The van der Waals surface area contributed by atoms with Crippen molar-refractivity contribution in [1.29, 1.82) is 0 Å². The first kappa shape index (κ1) is 14.8. The van der Waals surface area contributed by atoms with Gasteiger partial charge in [0.25, 0.3) is 0 Å². The third-order valence-electron chi connectivity index (χ3n) is 4.53. The lowest BCUT2D eigenvalue weighted by atomic mass is 10.0. The molecule has 2 aliphatic rings. The van der Waals surface area contributed by atoms with Crippen LogP contribution in [0, 0.1) is 5.92 Å². The molecule has 0 aromatic carbocycles. The van der Waals surface area contributed by atoms with Crippen LogP contribution in [0.25, 0.3) is 0 Å². The second kappa shape index (κ2) is 6.23. The molecule has 0 bridgehead atoms. The molecule has 0 saturated carbocycles. The molecule has 2 rings (SSSR count). The zero-order chi connectivity index (χ0) is 14.0. The number of piperidine rings is 1. The summed E-state index contributed by atoms with van der Waals surface area (Å²) < 4.78 is 0. The summed E-state index contributed by atoms with van der Waals surface area (Å²) in [6, 6.07) is 0.573. The Labute approximate surface area is 117 Å². The molecular weight excluding hydrogens is 238 g/mol. The second-order valence-corrected chi connectivity index (χ2v) is 6.65. The first-order valence-corrected chi connectivity index (χ1v) is 7.75. The van der Waals surface area contributed by atoms with Gasteiger partial charge in [-0.15, -0.1) is 0 Å². The minimum atomic E-state index is 0.0314. The highest BCUT2D eigenvalue weighted by Gasteiger charge is 2.38. The van der Waals surface area contributed by atoms with E-state index in [0.717, 1.165) is 13.0 Å². The van der Waals surface area contributed by atoms with Gasteiger partial charge in [0.15, 0.2) is 0 Å². The number of amides is 1. The molecule has 2 fully saturated rings. The fraction of sp³-hybridized carbons (Fsp3) is 0.933. The van der Waals surface area contributed by atoms with Gasteiger partial charge in [-0.1, -0.05) is 20.3 Å². The van der Waals surface area contributed by atoms with E-state index in [9.17, 15) is 4.79 Å². The fourth-order valence-corrected chi connectivity index (χ4v) is 3.33. The number of likely N-dealkylation sites (N-methyl/N-ethyl adjacent to an activating group) is 1. The SMILES string of the molecule is CC(C)CC1NC(C)N(CC2CCCCN2C)C1=O. The molecule has 4 heteroatoms. The molecule has 0 aliphatic carbocycles. The van der Waals surface area contributed by atoms with Crippen molar-refractivity contribution in [1.82, 2.24) is 15.1 Å². The van der Waals surface area contributed by atoms with Crippen molar-refractivity contribution >= 4 is 5.91 Å². The van der Waals surface area contributed by atoms with Gasteiger partial charge in [-0.25, -0.2) is 0 Å². The van der Waals surface area contributed by atoms with Crippen LogP contribution in [0.15, 0.2) is 0 Å². The number of rotatable bonds is 4. The molecule has 2 heterocycles. The summed E-state index contributed by atoms with van der Waals surface area (Å²) in [7, 11) is 2.19. The van der Waals surface area contributed by atoms with Gasteiger partial charge in [0.2, 0.25) is 5.91 Å². The summed E-state index contributed by atoms with van der Waals surface area (Å²) >= 11 is 0. The summed E-state index contributed by atoms with van der Waals surface area (Å²) in [6.45, 7) is 8.53. The lowest BCUT2D eigenvalue weighted by molar-refractivity contribution is -0.131. The maximum atomic E-state index is 12.5. The topological polar surface area (TPSA) is 35.6 Å². The summed E-state index contributed by atoms with van der Waals surface area (Å²) in [5.41, 5.74) is 0. The Balaban J connectivity index is 1.94. The summed E-state index contributed by atoms with van der Waals surface area (Å²) in [6.07, 6.45) is 4.95. The van der Waals surface area contributed by atoms with Crippen molar-refractivity contribution in [2.24, 2.45) is 5.92 Å². The van der Waals surface area contributed by atoms with Gasteiger partial charge in [-0.2, -0.15) is 0 Å². The summed E-state index contributed by atoms with van der Waals surface area (Å²) in [5.74, 6) is 0.867. The van der Waals surface area contributed by atoms with Gasteiger partial charge in [0.05, 0.1) is 12.2 Å². The van der Waals surface area contributed by atoms with Crippen LogP contribution < -0.4 is 5.32 Å². The van der Waals surface area contributed by atoms with Gasteiger partial charge in [-0.3, -0.25) is 10.1 Å². The Morgan fingerprint density at radius 1 is 1.37 bits per heavy atom. The monoisotopic (exact) mass is 267 g/mol. The summed E-state index contributed by atoms with van der Waals surface area (Å²) in [5, 5.41) is 3.45. The molecule has 2 aliphatic heterocycles. The van der Waals surface area contributed by atoms with Crippen molar-refractivity contribution < 1.29 is 4.79 Å². The maximum Gasteiger partial charge on any atom is 0.241 e. The van der Waals surface area contributed by atoms with E-state index < -0.39 is 0 Å². The van der Waals surface area contributed by atoms with Crippen molar-refractivity contribution in [2.45, 2.75) is 64.7 Å². The second-order valence-electron chi connectivity index (χ2n) is 6.65. The minimum absolute atomic E-state index is 0.0314. The predicted octanol–water partition coefficient (Wildman–Crippen LogP) is 1.66. The highest BCUT2D eigenvalue weighted by atomic mass is 16.2. The largest absolute Gasteiger partial charge is 0.325 e. The van der Waals surface area contributed by atoms with Crippen LogP contribution in [0.1, 0.15) is 46.5 Å². The number of carbonyl (C=O) groups excluding carboxylic acids is 1. The molecule has 110 valence electrons. The Hall–Kier alpha value is -0.610. The van der Waals surface area contributed by atoms with E-state index in [1.54, 1.807) is 0 Å². The first-order valence-electron chi connectivity index (χ1n) is 7.75. The molecule has 2 saturated heterocycles. The average Bonchev–Trinajstić information content (AvgIpc) is 2.59. The Bertz CT molecular complexity index is 319. The Kier molecular flexibility index (Phi) is 4.85. The van der Waals surface area contributed by atoms with Crippen LogP contribution >= 0.6 is 0 Å². The molecule has 19 heavy (non-hydrogen) atoms. The molecule has 0 radical (unpaired) electrons. The summed E-state index contributed by atoms with van der Waals surface area (Å²) in [4.78, 5) is 16.9. The zero-order valence-corrected chi connectivity index (χ0v) is 12.9. The third kappa shape index (κ3) is 3.48. The average molecular weight is 267 g/mol. The van der Waals surface area contributed by atoms with Gasteiger partial charge in [0, 0.05) is 12.6 Å². The Morgan fingerprint density at radius 3 is 2.74 bits per heavy atom. The van der Waals surface area contributed by atoms with Crippen LogP contribution in [-0.2, 0) is 4.79 Å². The van der Waals surface area contributed by atoms with E-state index in [-0.39, 0.29) is 12.2 Å². The number of nitrogens with zero attached hydrogens (tertiary/aromatic N) is 2. The highest BCUT2D eigenvalue weighted by molar-refractivity contribution is 5.84. The van der Waals surface area contributed by atoms with E-state index >= 15 is 0 Å². The quantitative estimate of drug-likeness (QED) is 0.841. The van der Waals surface area contributed by atoms with Gasteiger partial charge >= 0.3 is 0 Å². The lowest BCUT2D eigenvalue weighted by Crippen LogP contribution is -2.48. The standard InChI is InChI=1S/C15H29N3O/c1-11(2)9-14-15(19)18(12(3)16-14)10-13-7-5-6-8-17(13)4/h11-14,16H,5-10H2,1-4H3. The molecule has 0 aromatic rings. The lowest BCUT2D eigenvalue weighted by Gasteiger charge is -2.36. The maximum absolute atomic E-state index is 12.5. The van der Waals surface area contributed by atoms with Crippen molar-refractivity contribution in [3.8, 4) is 0 Å². The van der Waals surface area contributed by atoms with Crippen molar-refractivity contribution in [3.63, 3.8) is 0 Å². The van der Waals surface area contributed by atoms with Crippen molar-refractivity contribution in [2.75, 3.05) is 20.1 Å². The molecule has 1 N–H and O–H groups in total. The van der Waals surface area contributed by atoms with Crippen LogP contribution in [0.4, 0.5) is 0 Å². The van der Waals surface area contributed by atoms with Gasteiger partial charge in [-0.05, 0) is 45.7 Å². The third-order valence-corrected chi connectivity index (χ3v) is 4.53. The van der Waals surface area contributed by atoms with Crippen LogP contribution in [0.2, 0.25) is 0 Å². The van der Waals surface area contributed by atoms with E-state index in [1.807, 2.05) is 0 Å². The minimum Gasteiger partial charge on any atom is -0.325 e. The van der Waals surface area contributed by atoms with E-state index in [4.69, 9.17) is 0 Å². The number of hydrogen-bond acceptors (Lipinski definition) is 3. The number of likely N-dealkylation sites (tertiary alicyclic amines) is 1. The zero-order valence-electron chi connectivity index (χ0n) is 12.9.